The van der Waals surface area contributed by atoms with Crippen molar-refractivity contribution in [2.45, 2.75) is 0 Å². The number of hydrogen-bond acceptors (Lipinski definition) is 2. The average molecular weight is 246 g/mol. The van der Waals surface area contributed by atoms with Gasteiger partial charge >= 0.3 is 0 Å². The van der Waals surface area contributed by atoms with E-state index >= 15 is 0 Å². The minimum atomic E-state index is -0.467. The number of phenolic OH excluding ortho intramolecular Hbond substituents is 1. The van der Waals surface area contributed by atoms with Crippen LogP contribution in [0.4, 0.5) is 4.39 Å². The van der Waals surface area contributed by atoms with Crippen LogP contribution >= 0.6 is 15.9 Å². The van der Waals surface area contributed by atoms with E-state index in [0.717, 1.165) is 0 Å². The zero-order valence-electron chi connectivity index (χ0n) is 6.80. The summed E-state index contributed by atoms with van der Waals surface area (Å²) >= 11 is 3.09. The first-order valence-electron chi connectivity index (χ1n) is 3.70. The molecule has 0 saturated heterocycles. The molecule has 70 valence electrons. The fourth-order valence-corrected chi connectivity index (χ4v) is 1.25. The fourth-order valence-electron chi connectivity index (χ4n) is 0.901. The topological polar surface area (TPSA) is 46.2 Å². The maximum absolute atomic E-state index is 13.1. The smallest absolute Gasteiger partial charge is 0.139 e. The first kappa shape index (κ1) is 10.2. The van der Waals surface area contributed by atoms with Gasteiger partial charge in [0.05, 0.1) is 10.0 Å². The molecule has 13 heavy (non-hydrogen) atoms. The third kappa shape index (κ3) is 2.29. The van der Waals surface area contributed by atoms with Gasteiger partial charge < -0.3 is 10.8 Å². The second kappa shape index (κ2) is 4.39. The normalized spacial score (nSPS) is 11.0. The van der Waals surface area contributed by atoms with Crippen LogP contribution in [0.5, 0.6) is 5.75 Å². The van der Waals surface area contributed by atoms with Gasteiger partial charge in [0.2, 0.25) is 0 Å². The summed E-state index contributed by atoms with van der Waals surface area (Å²) in [6.45, 7) is 0.311. The Kier molecular flexibility index (Phi) is 3.45. The summed E-state index contributed by atoms with van der Waals surface area (Å²) in [5, 5.41) is 9.43. The van der Waals surface area contributed by atoms with Crippen molar-refractivity contribution in [3.05, 3.63) is 34.1 Å². The number of hydrogen-bond donors (Lipinski definition) is 2. The van der Waals surface area contributed by atoms with Crippen LogP contribution in [0, 0.1) is 5.82 Å². The van der Waals surface area contributed by atoms with Crippen LogP contribution in [-0.2, 0) is 0 Å². The molecule has 0 heterocycles. The predicted octanol–water partition coefficient (Wildman–Crippen LogP) is 2.27. The lowest BCUT2D eigenvalue weighted by molar-refractivity contribution is 0.464. The van der Waals surface area contributed by atoms with Crippen LogP contribution in [0.3, 0.4) is 0 Å². The third-order valence-corrected chi connectivity index (χ3v) is 2.18. The van der Waals surface area contributed by atoms with E-state index in [4.69, 9.17) is 5.73 Å². The maximum atomic E-state index is 13.1. The Bertz CT molecular complexity index is 339. The standard InChI is InChI=1S/C9H9BrFNO/c10-7-3-4-8(11)6(9(7)13)2-1-5-12/h1-4,13H,5,12H2/b2-1+. The van der Waals surface area contributed by atoms with E-state index < -0.39 is 5.82 Å². The molecule has 0 fully saturated rings. The summed E-state index contributed by atoms with van der Waals surface area (Å²) in [6.07, 6.45) is 3.03. The van der Waals surface area contributed by atoms with Gasteiger partial charge in [-0.25, -0.2) is 4.39 Å². The van der Waals surface area contributed by atoms with Crippen molar-refractivity contribution in [1.82, 2.24) is 0 Å². The van der Waals surface area contributed by atoms with Gasteiger partial charge in [-0.15, -0.1) is 0 Å². The Balaban J connectivity index is 3.17. The zero-order valence-corrected chi connectivity index (χ0v) is 8.38. The molecule has 1 aromatic rings. The Morgan fingerprint density at radius 2 is 2.23 bits per heavy atom. The minimum absolute atomic E-state index is 0.107. The number of benzene rings is 1. The number of phenols is 1. The van der Waals surface area contributed by atoms with Gasteiger partial charge in [0.15, 0.2) is 0 Å². The molecule has 1 aromatic carbocycles. The highest BCUT2D eigenvalue weighted by Gasteiger charge is 2.07. The highest BCUT2D eigenvalue weighted by atomic mass is 79.9. The number of rotatable bonds is 2. The molecule has 2 nitrogen and oxygen atoms in total. The number of halogens is 2. The van der Waals surface area contributed by atoms with Crippen LogP contribution in [0.2, 0.25) is 0 Å². The van der Waals surface area contributed by atoms with Gasteiger partial charge in [0, 0.05) is 6.54 Å². The summed E-state index contributed by atoms with van der Waals surface area (Å²) in [5.74, 6) is -0.574. The van der Waals surface area contributed by atoms with Crippen LogP contribution in [-0.4, -0.2) is 11.7 Å². The molecule has 0 radical (unpaired) electrons. The predicted molar refractivity (Wildman–Crippen MR) is 53.9 cm³/mol. The molecular weight excluding hydrogens is 237 g/mol. The molecule has 0 aliphatic carbocycles. The molecule has 0 aliphatic rings. The molecule has 3 N–H and O–H groups in total. The van der Waals surface area contributed by atoms with Gasteiger partial charge in [-0.1, -0.05) is 12.2 Å². The van der Waals surface area contributed by atoms with Gasteiger partial charge in [-0.05, 0) is 28.1 Å². The first-order chi connectivity index (χ1) is 6.16. The Hall–Kier alpha value is -0.870. The van der Waals surface area contributed by atoms with Gasteiger partial charge in [-0.2, -0.15) is 0 Å². The molecule has 0 spiro atoms. The summed E-state index contributed by atoms with van der Waals surface area (Å²) in [4.78, 5) is 0. The van der Waals surface area contributed by atoms with Gasteiger partial charge in [-0.3, -0.25) is 0 Å². The molecule has 0 unspecified atom stereocenters. The maximum Gasteiger partial charge on any atom is 0.139 e. The summed E-state index contributed by atoms with van der Waals surface area (Å²) in [5.41, 5.74) is 5.36. The van der Waals surface area contributed by atoms with E-state index in [1.165, 1.54) is 18.2 Å². The second-order valence-electron chi connectivity index (χ2n) is 2.43. The summed E-state index contributed by atoms with van der Waals surface area (Å²) < 4.78 is 13.5. The second-order valence-corrected chi connectivity index (χ2v) is 3.28. The lowest BCUT2D eigenvalue weighted by atomic mass is 10.2. The van der Waals surface area contributed by atoms with Crippen LogP contribution < -0.4 is 5.73 Å². The van der Waals surface area contributed by atoms with Gasteiger partial charge in [0.1, 0.15) is 11.6 Å². The zero-order chi connectivity index (χ0) is 9.84. The SMILES string of the molecule is NC/C=C/c1c(F)ccc(Br)c1O. The highest BCUT2D eigenvalue weighted by molar-refractivity contribution is 9.10. The molecule has 0 bridgehead atoms. The number of nitrogens with two attached hydrogens (primary N) is 1. The van der Waals surface area contributed by atoms with Crippen LogP contribution in [0.1, 0.15) is 5.56 Å². The molecule has 0 saturated carbocycles. The van der Waals surface area contributed by atoms with Crippen molar-refractivity contribution >= 4 is 22.0 Å². The lowest BCUT2D eigenvalue weighted by Crippen LogP contribution is -1.93. The summed E-state index contributed by atoms with van der Waals surface area (Å²) in [6, 6.07) is 2.73. The molecule has 0 amide bonds. The largest absolute Gasteiger partial charge is 0.506 e. The quantitative estimate of drug-likeness (QED) is 0.840. The van der Waals surface area contributed by atoms with E-state index in [1.807, 2.05) is 0 Å². The van der Waals surface area contributed by atoms with Crippen molar-refractivity contribution in [2.75, 3.05) is 6.54 Å². The third-order valence-electron chi connectivity index (χ3n) is 1.54. The molecule has 0 aliphatic heterocycles. The summed E-state index contributed by atoms with van der Waals surface area (Å²) in [7, 11) is 0. The van der Waals surface area contributed by atoms with Crippen LogP contribution in [0.25, 0.3) is 6.08 Å². The van der Waals surface area contributed by atoms with Gasteiger partial charge in [0.25, 0.3) is 0 Å². The van der Waals surface area contributed by atoms with Crippen molar-refractivity contribution < 1.29 is 9.50 Å². The molecular formula is C9H9BrFNO. The van der Waals surface area contributed by atoms with E-state index in [2.05, 4.69) is 15.9 Å². The highest BCUT2D eigenvalue weighted by Crippen LogP contribution is 2.30. The molecule has 1 rings (SSSR count). The fraction of sp³-hybridized carbons (Fsp3) is 0.111. The van der Waals surface area contributed by atoms with Crippen molar-refractivity contribution in [3.8, 4) is 5.75 Å². The molecule has 0 atom stereocenters. The van der Waals surface area contributed by atoms with Crippen molar-refractivity contribution in [2.24, 2.45) is 5.73 Å². The minimum Gasteiger partial charge on any atom is -0.506 e. The Morgan fingerprint density at radius 3 is 2.85 bits per heavy atom. The lowest BCUT2D eigenvalue weighted by Gasteiger charge is -2.02. The molecule has 0 aromatic heterocycles. The van der Waals surface area contributed by atoms with E-state index in [1.54, 1.807) is 6.08 Å². The van der Waals surface area contributed by atoms with E-state index in [-0.39, 0.29) is 11.3 Å². The number of aromatic hydroxyl groups is 1. The average Bonchev–Trinajstić information content (AvgIpc) is 2.12. The first-order valence-corrected chi connectivity index (χ1v) is 4.49. The Labute approximate surface area is 84.0 Å². The van der Waals surface area contributed by atoms with Crippen molar-refractivity contribution in [3.63, 3.8) is 0 Å². The van der Waals surface area contributed by atoms with E-state index in [0.29, 0.717) is 11.0 Å². The Morgan fingerprint density at radius 1 is 1.54 bits per heavy atom. The van der Waals surface area contributed by atoms with Crippen molar-refractivity contribution in [1.29, 1.82) is 0 Å². The van der Waals surface area contributed by atoms with Crippen LogP contribution in [0.15, 0.2) is 22.7 Å². The molecule has 4 heteroatoms. The van der Waals surface area contributed by atoms with E-state index in [9.17, 15) is 9.50 Å². The monoisotopic (exact) mass is 245 g/mol.